The molecule has 8 heteroatoms. The number of benzene rings is 1. The Bertz CT molecular complexity index is 843. The molecule has 1 aromatic heterocycles. The van der Waals surface area contributed by atoms with Crippen LogP contribution in [0.3, 0.4) is 0 Å². The van der Waals surface area contributed by atoms with Gasteiger partial charge in [0.25, 0.3) is 0 Å². The number of hydrogen-bond acceptors (Lipinski definition) is 6. The number of aromatic nitrogens is 1. The summed E-state index contributed by atoms with van der Waals surface area (Å²) in [6, 6.07) is 5.29. The Labute approximate surface area is 158 Å². The van der Waals surface area contributed by atoms with E-state index in [0.717, 1.165) is 32.5 Å². The Morgan fingerprint density at radius 1 is 1.37 bits per heavy atom. The Balaban J connectivity index is 1.85. The quantitative estimate of drug-likeness (QED) is 0.753. The number of carbonyl (C=O) groups excluding carboxylic acids is 1. The molecule has 1 amide bonds. The zero-order chi connectivity index (χ0) is 19.4. The number of methoxy groups -OCH3 is 1. The average Bonchev–Trinajstić information content (AvgIpc) is 2.95. The van der Waals surface area contributed by atoms with Gasteiger partial charge in [-0.1, -0.05) is 0 Å². The van der Waals surface area contributed by atoms with Crippen molar-refractivity contribution in [3.8, 4) is 0 Å². The summed E-state index contributed by atoms with van der Waals surface area (Å²) in [5.41, 5.74) is 1.33. The molecule has 2 aromatic rings. The van der Waals surface area contributed by atoms with Gasteiger partial charge in [0.05, 0.1) is 17.5 Å². The number of likely N-dealkylation sites (N-methyl/N-ethyl adjacent to an activating group) is 1. The van der Waals surface area contributed by atoms with E-state index in [0.29, 0.717) is 29.9 Å². The summed E-state index contributed by atoms with van der Waals surface area (Å²) < 4.78 is 12.2. The molecule has 1 aliphatic heterocycles. The first-order valence-electron chi connectivity index (χ1n) is 9.24. The van der Waals surface area contributed by atoms with Crippen molar-refractivity contribution in [2.45, 2.75) is 19.4 Å². The molecule has 148 valence electrons. The summed E-state index contributed by atoms with van der Waals surface area (Å²) in [5.74, 6) is -0.430. The molecule has 2 heterocycles. The topological polar surface area (TPSA) is 88.7 Å². The summed E-state index contributed by atoms with van der Waals surface area (Å²) in [7, 11) is 5.53. The second-order valence-corrected chi connectivity index (χ2v) is 7.42. The van der Waals surface area contributed by atoms with E-state index in [2.05, 4.69) is 10.6 Å². The fourth-order valence-electron chi connectivity index (χ4n) is 3.53. The zero-order valence-corrected chi connectivity index (χ0v) is 16.2. The molecule has 0 atom stereocenters. The predicted molar refractivity (Wildman–Crippen MR) is 104 cm³/mol. The van der Waals surface area contributed by atoms with Crippen LogP contribution in [-0.2, 0) is 16.1 Å². The summed E-state index contributed by atoms with van der Waals surface area (Å²) in [4.78, 5) is 27.1. The van der Waals surface area contributed by atoms with Crippen molar-refractivity contribution in [1.29, 1.82) is 0 Å². The van der Waals surface area contributed by atoms with Crippen molar-refractivity contribution in [2.75, 3.05) is 52.8 Å². The van der Waals surface area contributed by atoms with Crippen molar-refractivity contribution >= 4 is 22.7 Å². The molecule has 0 radical (unpaired) electrons. The third-order valence-corrected chi connectivity index (χ3v) is 5.16. The maximum atomic E-state index is 13.0. The van der Waals surface area contributed by atoms with Crippen LogP contribution in [0.25, 0.3) is 11.1 Å². The molecule has 0 unspecified atom stereocenters. The van der Waals surface area contributed by atoms with Crippen LogP contribution in [0.5, 0.6) is 0 Å². The Morgan fingerprint density at radius 2 is 2.11 bits per heavy atom. The second kappa shape index (κ2) is 8.24. The highest BCUT2D eigenvalue weighted by atomic mass is 16.5. The molecule has 0 saturated carbocycles. The number of hydrogen-bond donors (Lipinski definition) is 2. The first kappa shape index (κ1) is 19.6. The molecule has 1 aliphatic rings. The fourth-order valence-corrected chi connectivity index (χ4v) is 3.53. The number of nitrogens with zero attached hydrogens (tertiary/aromatic N) is 2. The minimum atomic E-state index is -0.532. The predicted octanol–water partition coefficient (Wildman–Crippen LogP) is 1.11. The fraction of sp³-hybridized carbons (Fsp3) is 0.579. The minimum absolute atomic E-state index is 0.0455. The van der Waals surface area contributed by atoms with Gasteiger partial charge in [-0.2, -0.15) is 0 Å². The largest absolute Gasteiger partial charge is 0.419 e. The third kappa shape index (κ3) is 4.23. The van der Waals surface area contributed by atoms with Gasteiger partial charge >= 0.3 is 5.76 Å². The number of fused-ring (bicyclic) bond motifs is 1. The number of rotatable bonds is 7. The van der Waals surface area contributed by atoms with Crippen LogP contribution in [0.2, 0.25) is 0 Å². The number of carbonyl (C=O) groups is 1. The Kier molecular flexibility index (Phi) is 5.98. The van der Waals surface area contributed by atoms with Crippen LogP contribution in [0.15, 0.2) is 27.4 Å². The van der Waals surface area contributed by atoms with Crippen molar-refractivity contribution in [3.63, 3.8) is 0 Å². The van der Waals surface area contributed by atoms with E-state index >= 15 is 0 Å². The van der Waals surface area contributed by atoms with Crippen LogP contribution in [0.1, 0.15) is 12.8 Å². The lowest BCUT2D eigenvalue weighted by Gasteiger charge is -2.35. The lowest BCUT2D eigenvalue weighted by molar-refractivity contribution is -0.130. The molecule has 1 aromatic carbocycles. The molecule has 2 N–H and O–H groups in total. The van der Waals surface area contributed by atoms with E-state index in [9.17, 15) is 9.59 Å². The lowest BCUT2D eigenvalue weighted by Crippen LogP contribution is -2.47. The van der Waals surface area contributed by atoms with E-state index in [1.165, 1.54) is 0 Å². The number of amides is 1. The number of oxazole rings is 1. The third-order valence-electron chi connectivity index (χ3n) is 5.16. The van der Waals surface area contributed by atoms with E-state index in [-0.39, 0.29) is 11.7 Å². The lowest BCUT2D eigenvalue weighted by atomic mass is 9.78. The van der Waals surface area contributed by atoms with Crippen LogP contribution in [0.4, 0.5) is 5.69 Å². The first-order chi connectivity index (χ1) is 12.9. The van der Waals surface area contributed by atoms with Crippen LogP contribution >= 0.6 is 0 Å². The molecule has 3 rings (SSSR count). The normalized spacial score (nSPS) is 16.7. The van der Waals surface area contributed by atoms with Gasteiger partial charge in [-0.15, -0.1) is 0 Å². The number of anilines is 1. The monoisotopic (exact) mass is 376 g/mol. The molecule has 1 saturated heterocycles. The molecular weight excluding hydrogens is 348 g/mol. The minimum Gasteiger partial charge on any atom is -0.408 e. The highest BCUT2D eigenvalue weighted by Crippen LogP contribution is 2.31. The number of nitrogens with one attached hydrogen (secondary N) is 2. The average molecular weight is 376 g/mol. The number of piperidine rings is 1. The Hall–Kier alpha value is -2.16. The van der Waals surface area contributed by atoms with Gasteiger partial charge in [-0.25, -0.2) is 4.79 Å². The molecule has 8 nitrogen and oxygen atoms in total. The van der Waals surface area contributed by atoms with Crippen LogP contribution < -0.4 is 16.4 Å². The van der Waals surface area contributed by atoms with Crippen molar-refractivity contribution < 1.29 is 13.9 Å². The van der Waals surface area contributed by atoms with E-state index in [1.54, 1.807) is 29.9 Å². The van der Waals surface area contributed by atoms with E-state index in [4.69, 9.17) is 9.15 Å². The first-order valence-corrected chi connectivity index (χ1v) is 9.24. The highest BCUT2D eigenvalue weighted by molar-refractivity contribution is 5.97. The van der Waals surface area contributed by atoms with Crippen molar-refractivity contribution in [3.05, 3.63) is 28.7 Å². The van der Waals surface area contributed by atoms with Gasteiger partial charge in [-0.05, 0) is 58.2 Å². The van der Waals surface area contributed by atoms with Gasteiger partial charge in [0.2, 0.25) is 5.91 Å². The van der Waals surface area contributed by atoms with Crippen molar-refractivity contribution in [1.82, 2.24) is 14.8 Å². The maximum absolute atomic E-state index is 13.0. The van der Waals surface area contributed by atoms with Gasteiger partial charge in [-0.3, -0.25) is 9.36 Å². The summed E-state index contributed by atoms with van der Waals surface area (Å²) in [6.07, 6.45) is 1.46. The van der Waals surface area contributed by atoms with Gasteiger partial charge in [0.1, 0.15) is 0 Å². The molecule has 0 bridgehead atoms. The summed E-state index contributed by atoms with van der Waals surface area (Å²) >= 11 is 0. The molecule has 1 fully saturated rings. The van der Waals surface area contributed by atoms with Gasteiger partial charge in [0.15, 0.2) is 5.58 Å². The standard InChI is InChI=1S/C19H28N4O4/c1-22(2)10-11-23-15-12-14(4-5-16(15)27-18(23)25)21-17(24)19(13-26-3)6-8-20-9-7-19/h4-5,12,20H,6-11,13H2,1-3H3,(H,21,24). The molecular formula is C19H28N4O4. The molecule has 0 spiro atoms. The van der Waals surface area contributed by atoms with Gasteiger partial charge < -0.3 is 24.7 Å². The number of ether oxygens (including phenoxy) is 1. The smallest absolute Gasteiger partial charge is 0.408 e. The SMILES string of the molecule is COCC1(C(=O)Nc2ccc3oc(=O)n(CCN(C)C)c3c2)CCNCC1. The van der Waals surface area contributed by atoms with Crippen molar-refractivity contribution in [2.24, 2.45) is 5.41 Å². The van der Waals surface area contributed by atoms with Crippen LogP contribution in [0, 0.1) is 5.41 Å². The highest BCUT2D eigenvalue weighted by Gasteiger charge is 2.39. The zero-order valence-electron chi connectivity index (χ0n) is 16.2. The second-order valence-electron chi connectivity index (χ2n) is 7.42. The van der Waals surface area contributed by atoms with E-state index in [1.807, 2.05) is 19.0 Å². The van der Waals surface area contributed by atoms with E-state index < -0.39 is 5.41 Å². The Morgan fingerprint density at radius 3 is 2.78 bits per heavy atom. The summed E-state index contributed by atoms with van der Waals surface area (Å²) in [6.45, 7) is 3.22. The van der Waals surface area contributed by atoms with Crippen LogP contribution in [-0.4, -0.2) is 62.8 Å². The maximum Gasteiger partial charge on any atom is 0.419 e. The summed E-state index contributed by atoms with van der Waals surface area (Å²) in [5, 5.41) is 6.30. The molecule has 27 heavy (non-hydrogen) atoms. The molecule has 0 aliphatic carbocycles. The van der Waals surface area contributed by atoms with Gasteiger partial charge in [0, 0.05) is 25.9 Å².